The molecule has 0 spiro atoms. The Morgan fingerprint density at radius 1 is 1.11 bits per heavy atom. The van der Waals surface area contributed by atoms with Gasteiger partial charge in [0, 0.05) is 6.61 Å². The van der Waals surface area contributed by atoms with Crippen LogP contribution in [0.15, 0.2) is 24.3 Å². The van der Waals surface area contributed by atoms with Gasteiger partial charge in [-0.3, -0.25) is 0 Å². The first-order valence-corrected chi connectivity index (χ1v) is 10.6. The molecular weight excluding hydrogens is 236 g/mol. The maximum atomic E-state index is 5.77. The van der Waals surface area contributed by atoms with Gasteiger partial charge in [-0.25, -0.2) is 0 Å². The van der Waals surface area contributed by atoms with Crippen molar-refractivity contribution in [1.29, 1.82) is 0 Å². The third kappa shape index (κ3) is 5.36. The van der Waals surface area contributed by atoms with Gasteiger partial charge in [0.1, 0.15) is 0 Å². The second-order valence-corrected chi connectivity index (χ2v) is 11.4. The van der Waals surface area contributed by atoms with Crippen LogP contribution in [0.4, 0.5) is 0 Å². The van der Waals surface area contributed by atoms with Crippen molar-refractivity contribution < 1.29 is 4.74 Å². The summed E-state index contributed by atoms with van der Waals surface area (Å²) >= 11 is 0. The summed E-state index contributed by atoms with van der Waals surface area (Å²) in [5.41, 5.74) is 1.29. The Balaban J connectivity index is 2.40. The van der Waals surface area contributed by atoms with Gasteiger partial charge in [0.15, 0.2) is 0 Å². The van der Waals surface area contributed by atoms with Crippen LogP contribution in [-0.4, -0.2) is 14.7 Å². The molecule has 1 rings (SSSR count). The lowest BCUT2D eigenvalue weighted by atomic mass is 10.1. The molecule has 1 aromatic rings. The summed E-state index contributed by atoms with van der Waals surface area (Å²) in [5.74, 6) is 0.677. The van der Waals surface area contributed by atoms with Gasteiger partial charge in [-0.1, -0.05) is 69.4 Å². The predicted molar refractivity (Wildman–Crippen MR) is 83.2 cm³/mol. The Bertz CT molecular complexity index is 337. The van der Waals surface area contributed by atoms with E-state index < -0.39 is 8.07 Å². The molecule has 1 nitrogen and oxygen atoms in total. The molecule has 0 heterocycles. The Hall–Kier alpha value is -0.603. The molecular formula is C16H28OSi. The van der Waals surface area contributed by atoms with E-state index in [4.69, 9.17) is 4.74 Å². The van der Waals surface area contributed by atoms with Gasteiger partial charge < -0.3 is 4.74 Å². The van der Waals surface area contributed by atoms with Crippen molar-refractivity contribution in [3.8, 4) is 0 Å². The van der Waals surface area contributed by atoms with Crippen LogP contribution >= 0.6 is 0 Å². The van der Waals surface area contributed by atoms with Crippen LogP contribution in [0.5, 0.6) is 0 Å². The van der Waals surface area contributed by atoms with Crippen LogP contribution in [0.3, 0.4) is 0 Å². The molecule has 0 fully saturated rings. The highest BCUT2D eigenvalue weighted by molar-refractivity contribution is 6.88. The van der Waals surface area contributed by atoms with E-state index >= 15 is 0 Å². The smallest absolute Gasteiger partial charge is 0.0775 e. The molecule has 1 unspecified atom stereocenters. The summed E-state index contributed by atoms with van der Waals surface area (Å²) in [6.07, 6.45) is 2.50. The number of ether oxygens (including phenoxy) is 1. The Labute approximate surface area is 114 Å². The topological polar surface area (TPSA) is 9.23 Å². The van der Waals surface area contributed by atoms with Gasteiger partial charge in [-0.15, -0.1) is 0 Å². The van der Waals surface area contributed by atoms with Crippen LogP contribution in [0, 0.1) is 5.92 Å². The van der Waals surface area contributed by atoms with Gasteiger partial charge in [-0.05, 0) is 17.9 Å². The second-order valence-electron chi connectivity index (χ2n) is 6.36. The maximum Gasteiger partial charge on any atom is 0.0775 e. The highest BCUT2D eigenvalue weighted by Crippen LogP contribution is 2.09. The summed E-state index contributed by atoms with van der Waals surface area (Å²) in [7, 11) is -1.16. The zero-order valence-electron chi connectivity index (χ0n) is 12.6. The first-order valence-electron chi connectivity index (χ1n) is 7.10. The molecule has 0 bridgehead atoms. The number of hydrogen-bond donors (Lipinski definition) is 0. The van der Waals surface area contributed by atoms with Crippen LogP contribution in [0.25, 0.3) is 0 Å². The average Bonchev–Trinajstić information content (AvgIpc) is 2.29. The normalized spacial score (nSPS) is 13.6. The SMILES string of the molecule is CCCC(C)COCc1ccc([Si](C)(C)C)cc1. The van der Waals surface area contributed by atoms with Crippen molar-refractivity contribution in [2.45, 2.75) is 52.9 Å². The minimum Gasteiger partial charge on any atom is -0.376 e. The molecule has 0 N–H and O–H groups in total. The first kappa shape index (κ1) is 15.5. The lowest BCUT2D eigenvalue weighted by Crippen LogP contribution is -2.37. The van der Waals surface area contributed by atoms with Gasteiger partial charge in [0.05, 0.1) is 14.7 Å². The summed E-state index contributed by atoms with van der Waals surface area (Å²) in [6, 6.07) is 9.00. The summed E-state index contributed by atoms with van der Waals surface area (Å²) in [4.78, 5) is 0. The van der Waals surface area contributed by atoms with Gasteiger partial charge in [-0.2, -0.15) is 0 Å². The standard InChI is InChI=1S/C16H28OSi/c1-6-7-14(2)12-17-13-15-8-10-16(11-9-15)18(3,4)5/h8-11,14H,6-7,12-13H2,1-5H3. The number of rotatable bonds is 7. The van der Waals surface area contributed by atoms with Crippen molar-refractivity contribution in [3.63, 3.8) is 0 Å². The summed E-state index contributed by atoms with van der Waals surface area (Å²) in [5, 5.41) is 1.52. The Morgan fingerprint density at radius 3 is 2.22 bits per heavy atom. The molecule has 0 saturated carbocycles. The molecule has 2 heteroatoms. The molecule has 0 radical (unpaired) electrons. The van der Waals surface area contributed by atoms with Crippen LogP contribution < -0.4 is 5.19 Å². The fourth-order valence-electron chi connectivity index (χ4n) is 2.06. The summed E-state index contributed by atoms with van der Waals surface area (Å²) in [6.45, 7) is 13.3. The first-order chi connectivity index (χ1) is 8.43. The number of hydrogen-bond acceptors (Lipinski definition) is 1. The Morgan fingerprint density at radius 2 is 1.72 bits per heavy atom. The number of benzene rings is 1. The highest BCUT2D eigenvalue weighted by atomic mass is 28.3. The van der Waals surface area contributed by atoms with Crippen molar-refractivity contribution in [2.24, 2.45) is 5.92 Å². The molecule has 18 heavy (non-hydrogen) atoms. The van der Waals surface area contributed by atoms with E-state index in [0.717, 1.165) is 13.2 Å². The molecule has 0 saturated heterocycles. The third-order valence-corrected chi connectivity index (χ3v) is 5.34. The quantitative estimate of drug-likeness (QED) is 0.671. The predicted octanol–water partition coefficient (Wildman–Crippen LogP) is 4.18. The van der Waals surface area contributed by atoms with Crippen LogP contribution in [0.2, 0.25) is 19.6 Å². The second kappa shape index (κ2) is 7.10. The largest absolute Gasteiger partial charge is 0.376 e. The minimum absolute atomic E-state index is 0.677. The highest BCUT2D eigenvalue weighted by Gasteiger charge is 2.15. The molecule has 102 valence electrons. The minimum atomic E-state index is -1.16. The van der Waals surface area contributed by atoms with E-state index in [-0.39, 0.29) is 0 Å². The van der Waals surface area contributed by atoms with E-state index in [2.05, 4.69) is 57.8 Å². The zero-order valence-corrected chi connectivity index (χ0v) is 13.6. The van der Waals surface area contributed by atoms with Crippen molar-refractivity contribution >= 4 is 13.3 Å². The maximum absolute atomic E-state index is 5.77. The van der Waals surface area contributed by atoms with Gasteiger partial charge in [0.2, 0.25) is 0 Å². The molecule has 0 aromatic heterocycles. The summed E-state index contributed by atoms with van der Waals surface area (Å²) < 4.78 is 5.77. The van der Waals surface area contributed by atoms with E-state index in [0.29, 0.717) is 5.92 Å². The van der Waals surface area contributed by atoms with Crippen molar-refractivity contribution in [1.82, 2.24) is 0 Å². The fraction of sp³-hybridized carbons (Fsp3) is 0.625. The van der Waals surface area contributed by atoms with Gasteiger partial charge in [0.25, 0.3) is 0 Å². The average molecular weight is 264 g/mol. The van der Waals surface area contributed by atoms with Crippen molar-refractivity contribution in [3.05, 3.63) is 29.8 Å². The molecule has 0 aliphatic heterocycles. The molecule has 1 atom stereocenters. The van der Waals surface area contributed by atoms with Gasteiger partial charge >= 0.3 is 0 Å². The van der Waals surface area contributed by atoms with E-state index in [1.165, 1.54) is 23.6 Å². The van der Waals surface area contributed by atoms with Crippen LogP contribution in [0.1, 0.15) is 32.3 Å². The third-order valence-electron chi connectivity index (χ3n) is 3.27. The van der Waals surface area contributed by atoms with E-state index in [1.54, 1.807) is 0 Å². The van der Waals surface area contributed by atoms with E-state index in [1.807, 2.05) is 0 Å². The molecule has 0 aliphatic carbocycles. The molecule has 1 aromatic carbocycles. The zero-order chi connectivity index (χ0) is 13.6. The molecule has 0 amide bonds. The lowest BCUT2D eigenvalue weighted by molar-refractivity contribution is 0.0893. The molecule has 0 aliphatic rings. The monoisotopic (exact) mass is 264 g/mol. The van der Waals surface area contributed by atoms with Crippen molar-refractivity contribution in [2.75, 3.05) is 6.61 Å². The van der Waals surface area contributed by atoms with E-state index in [9.17, 15) is 0 Å². The fourth-order valence-corrected chi connectivity index (χ4v) is 3.22. The van der Waals surface area contributed by atoms with Crippen LogP contribution in [-0.2, 0) is 11.3 Å². The Kier molecular flexibility index (Phi) is 6.10. The lowest BCUT2D eigenvalue weighted by Gasteiger charge is -2.17.